The van der Waals surface area contributed by atoms with Crippen LogP contribution in [0.3, 0.4) is 0 Å². The molecule has 1 aromatic carbocycles. The normalized spacial score (nSPS) is 12.2. The number of carboxylic acids is 1. The maximum absolute atomic E-state index is 11.1. The van der Waals surface area contributed by atoms with Gasteiger partial charge in [-0.25, -0.2) is 0 Å². The quantitative estimate of drug-likeness (QED) is 0.846. The molecule has 1 aromatic rings. The lowest BCUT2D eigenvalue weighted by molar-refractivity contribution is -0.138. The van der Waals surface area contributed by atoms with Crippen LogP contribution in [0.5, 0.6) is 5.75 Å². The standard InChI is InChI=1S/C11H14ClNO3/c1-6-3-4-8(16-2)9(10(6)12)7(5-13)11(14)15/h3-4,7H,5,13H2,1-2H3,(H,14,15). The third-order valence-corrected chi connectivity index (χ3v) is 2.94. The molecule has 1 rings (SSSR count). The van der Waals surface area contributed by atoms with Crippen molar-refractivity contribution in [3.05, 3.63) is 28.3 Å². The van der Waals surface area contributed by atoms with E-state index in [2.05, 4.69) is 0 Å². The molecular weight excluding hydrogens is 230 g/mol. The molecule has 0 aromatic heterocycles. The van der Waals surface area contributed by atoms with E-state index >= 15 is 0 Å². The summed E-state index contributed by atoms with van der Waals surface area (Å²) in [5.41, 5.74) is 6.70. The number of carbonyl (C=O) groups is 1. The zero-order valence-corrected chi connectivity index (χ0v) is 9.91. The molecule has 0 bridgehead atoms. The van der Waals surface area contributed by atoms with Crippen LogP contribution in [0, 0.1) is 6.92 Å². The Morgan fingerprint density at radius 1 is 1.62 bits per heavy atom. The molecule has 0 fully saturated rings. The number of halogens is 1. The highest BCUT2D eigenvalue weighted by atomic mass is 35.5. The minimum Gasteiger partial charge on any atom is -0.496 e. The van der Waals surface area contributed by atoms with Crippen molar-refractivity contribution in [3.63, 3.8) is 0 Å². The van der Waals surface area contributed by atoms with Crippen molar-refractivity contribution in [2.24, 2.45) is 5.73 Å². The average molecular weight is 244 g/mol. The zero-order valence-electron chi connectivity index (χ0n) is 9.16. The van der Waals surface area contributed by atoms with E-state index in [1.54, 1.807) is 19.1 Å². The second kappa shape index (κ2) is 5.18. The number of aryl methyl sites for hydroxylation is 1. The smallest absolute Gasteiger partial charge is 0.312 e. The van der Waals surface area contributed by atoms with Crippen LogP contribution < -0.4 is 10.5 Å². The Balaban J connectivity index is 3.38. The summed E-state index contributed by atoms with van der Waals surface area (Å²) in [5, 5.41) is 9.47. The van der Waals surface area contributed by atoms with Gasteiger partial charge in [-0.2, -0.15) is 0 Å². The predicted octanol–water partition coefficient (Wildman–Crippen LogP) is 1.78. The molecule has 0 radical (unpaired) electrons. The van der Waals surface area contributed by atoms with Crippen molar-refractivity contribution >= 4 is 17.6 Å². The largest absolute Gasteiger partial charge is 0.496 e. The van der Waals surface area contributed by atoms with E-state index in [1.165, 1.54) is 7.11 Å². The molecule has 5 heteroatoms. The number of carboxylic acid groups (broad SMARTS) is 1. The number of ether oxygens (including phenoxy) is 1. The van der Waals surface area contributed by atoms with Crippen molar-refractivity contribution in [2.45, 2.75) is 12.8 Å². The number of methoxy groups -OCH3 is 1. The summed E-state index contributed by atoms with van der Waals surface area (Å²) in [6, 6.07) is 3.47. The summed E-state index contributed by atoms with van der Waals surface area (Å²) < 4.78 is 5.11. The number of aliphatic carboxylic acids is 1. The van der Waals surface area contributed by atoms with Gasteiger partial charge in [-0.3, -0.25) is 4.79 Å². The third kappa shape index (κ3) is 2.28. The molecule has 88 valence electrons. The number of hydrogen-bond donors (Lipinski definition) is 2. The molecule has 4 nitrogen and oxygen atoms in total. The lowest BCUT2D eigenvalue weighted by Gasteiger charge is -2.17. The first-order valence-electron chi connectivity index (χ1n) is 4.78. The van der Waals surface area contributed by atoms with Gasteiger partial charge >= 0.3 is 5.97 Å². The Labute approximate surface area is 99.0 Å². The minimum atomic E-state index is -1.01. The van der Waals surface area contributed by atoms with Crippen LogP contribution in [-0.2, 0) is 4.79 Å². The van der Waals surface area contributed by atoms with Crippen LogP contribution in [0.4, 0.5) is 0 Å². The summed E-state index contributed by atoms with van der Waals surface area (Å²) in [6.07, 6.45) is 0. The van der Waals surface area contributed by atoms with E-state index in [4.69, 9.17) is 27.2 Å². The van der Waals surface area contributed by atoms with E-state index in [0.717, 1.165) is 5.56 Å². The Morgan fingerprint density at radius 2 is 2.25 bits per heavy atom. The first-order chi connectivity index (χ1) is 7.52. The predicted molar refractivity (Wildman–Crippen MR) is 62.2 cm³/mol. The van der Waals surface area contributed by atoms with Crippen molar-refractivity contribution in [3.8, 4) is 5.75 Å². The van der Waals surface area contributed by atoms with Crippen molar-refractivity contribution in [1.82, 2.24) is 0 Å². The number of nitrogens with two attached hydrogens (primary N) is 1. The van der Waals surface area contributed by atoms with Gasteiger partial charge in [-0.05, 0) is 18.6 Å². The van der Waals surface area contributed by atoms with E-state index < -0.39 is 11.9 Å². The zero-order chi connectivity index (χ0) is 12.3. The van der Waals surface area contributed by atoms with Gasteiger partial charge in [0.15, 0.2) is 0 Å². The highest BCUT2D eigenvalue weighted by Gasteiger charge is 2.25. The fraction of sp³-hybridized carbons (Fsp3) is 0.364. The minimum absolute atomic E-state index is 0.0190. The van der Waals surface area contributed by atoms with Gasteiger partial charge in [0, 0.05) is 12.1 Å². The second-order valence-electron chi connectivity index (χ2n) is 3.44. The topological polar surface area (TPSA) is 72.5 Å². The van der Waals surface area contributed by atoms with Gasteiger partial charge in [0.2, 0.25) is 0 Å². The van der Waals surface area contributed by atoms with E-state index in [0.29, 0.717) is 16.3 Å². The molecule has 1 atom stereocenters. The first kappa shape index (κ1) is 12.8. The van der Waals surface area contributed by atoms with Crippen LogP contribution in [0.2, 0.25) is 5.02 Å². The molecule has 16 heavy (non-hydrogen) atoms. The van der Waals surface area contributed by atoms with Gasteiger partial charge < -0.3 is 15.6 Å². The molecule has 0 aliphatic rings. The lowest BCUT2D eigenvalue weighted by Crippen LogP contribution is -2.22. The Morgan fingerprint density at radius 3 is 2.69 bits per heavy atom. The third-order valence-electron chi connectivity index (χ3n) is 2.44. The van der Waals surface area contributed by atoms with Gasteiger partial charge in [0.25, 0.3) is 0 Å². The Bertz CT molecular complexity index is 406. The molecule has 0 saturated carbocycles. The maximum Gasteiger partial charge on any atom is 0.312 e. The molecular formula is C11H14ClNO3. The first-order valence-corrected chi connectivity index (χ1v) is 5.16. The SMILES string of the molecule is COc1ccc(C)c(Cl)c1C(CN)C(=O)O. The molecule has 0 spiro atoms. The molecule has 3 N–H and O–H groups in total. The molecule has 0 aliphatic carbocycles. The number of benzene rings is 1. The van der Waals surface area contributed by atoms with Gasteiger partial charge in [-0.15, -0.1) is 0 Å². The maximum atomic E-state index is 11.1. The van der Waals surface area contributed by atoms with Crippen LogP contribution in [0.15, 0.2) is 12.1 Å². The molecule has 0 amide bonds. The van der Waals surface area contributed by atoms with E-state index in [1.807, 2.05) is 0 Å². The second-order valence-corrected chi connectivity index (χ2v) is 3.82. The summed E-state index contributed by atoms with van der Waals surface area (Å²) in [6.45, 7) is 1.79. The molecule has 0 aliphatic heterocycles. The van der Waals surface area contributed by atoms with Crippen LogP contribution in [-0.4, -0.2) is 24.7 Å². The Hall–Kier alpha value is -1.26. The monoisotopic (exact) mass is 243 g/mol. The fourth-order valence-electron chi connectivity index (χ4n) is 1.53. The number of rotatable bonds is 4. The molecule has 0 saturated heterocycles. The van der Waals surface area contributed by atoms with E-state index in [9.17, 15) is 4.79 Å². The molecule has 1 unspecified atom stereocenters. The van der Waals surface area contributed by atoms with Gasteiger partial charge in [0.05, 0.1) is 18.1 Å². The van der Waals surface area contributed by atoms with Crippen molar-refractivity contribution < 1.29 is 14.6 Å². The number of hydrogen-bond acceptors (Lipinski definition) is 3. The van der Waals surface area contributed by atoms with Crippen LogP contribution >= 0.6 is 11.6 Å². The molecule has 0 heterocycles. The van der Waals surface area contributed by atoms with E-state index in [-0.39, 0.29) is 6.54 Å². The fourth-order valence-corrected chi connectivity index (χ4v) is 1.82. The summed E-state index contributed by atoms with van der Waals surface area (Å²) >= 11 is 6.10. The lowest BCUT2D eigenvalue weighted by atomic mass is 9.96. The van der Waals surface area contributed by atoms with Crippen molar-refractivity contribution in [1.29, 1.82) is 0 Å². The Kier molecular flexibility index (Phi) is 4.15. The van der Waals surface area contributed by atoms with Crippen LogP contribution in [0.25, 0.3) is 0 Å². The van der Waals surface area contributed by atoms with Crippen LogP contribution in [0.1, 0.15) is 17.0 Å². The highest BCUT2D eigenvalue weighted by Crippen LogP contribution is 2.35. The van der Waals surface area contributed by atoms with Gasteiger partial charge in [-0.1, -0.05) is 17.7 Å². The highest BCUT2D eigenvalue weighted by molar-refractivity contribution is 6.32. The summed E-state index contributed by atoms with van der Waals surface area (Å²) in [5.74, 6) is -1.40. The average Bonchev–Trinajstić information content (AvgIpc) is 2.25. The summed E-state index contributed by atoms with van der Waals surface area (Å²) in [4.78, 5) is 11.1. The summed E-state index contributed by atoms with van der Waals surface area (Å²) in [7, 11) is 1.47. The van der Waals surface area contributed by atoms with Crippen molar-refractivity contribution in [2.75, 3.05) is 13.7 Å². The van der Waals surface area contributed by atoms with Gasteiger partial charge in [0.1, 0.15) is 5.75 Å².